The summed E-state index contributed by atoms with van der Waals surface area (Å²) >= 11 is 0. The Balaban J connectivity index is 1.88. The molecule has 1 fully saturated rings. The van der Waals surface area contributed by atoms with E-state index in [0.29, 0.717) is 18.8 Å². The Morgan fingerprint density at radius 1 is 1.45 bits per heavy atom. The molecular weight excluding hydrogens is 262 g/mol. The third kappa shape index (κ3) is 3.96. The lowest BCUT2D eigenvalue weighted by molar-refractivity contribution is -0.00925. The number of likely N-dealkylation sites (tertiary alicyclic amines) is 1. The second kappa shape index (κ2) is 7.28. The van der Waals surface area contributed by atoms with Gasteiger partial charge in [0.15, 0.2) is 0 Å². The molecule has 0 radical (unpaired) electrons. The van der Waals surface area contributed by atoms with Crippen LogP contribution >= 0.6 is 0 Å². The summed E-state index contributed by atoms with van der Waals surface area (Å²) in [6.07, 6.45) is 4.66. The van der Waals surface area contributed by atoms with Gasteiger partial charge in [0.05, 0.1) is 25.0 Å². The normalized spacial score (nSPS) is 17.2. The minimum atomic E-state index is -0.998. The number of hydrogen-bond acceptors (Lipinski definition) is 6. The van der Waals surface area contributed by atoms with Crippen LogP contribution < -0.4 is 0 Å². The number of piperidine rings is 1. The van der Waals surface area contributed by atoms with E-state index in [4.69, 9.17) is 14.9 Å². The summed E-state index contributed by atoms with van der Waals surface area (Å²) in [5.41, 5.74) is 0.702. The molecule has 1 saturated heterocycles. The number of aliphatic hydroxyl groups is 1. The predicted molar refractivity (Wildman–Crippen MR) is 70.3 cm³/mol. The maximum atomic E-state index is 11.1. The van der Waals surface area contributed by atoms with Crippen molar-refractivity contribution < 1.29 is 19.7 Å². The zero-order valence-electron chi connectivity index (χ0n) is 11.2. The van der Waals surface area contributed by atoms with Crippen molar-refractivity contribution in [3.05, 3.63) is 23.8 Å². The van der Waals surface area contributed by atoms with Gasteiger partial charge < -0.3 is 14.9 Å². The lowest BCUT2D eigenvalue weighted by atomic mass is 10.1. The van der Waals surface area contributed by atoms with Gasteiger partial charge in [-0.25, -0.2) is 14.8 Å². The van der Waals surface area contributed by atoms with Crippen molar-refractivity contribution in [2.75, 3.05) is 26.3 Å². The van der Waals surface area contributed by atoms with Crippen molar-refractivity contribution in [2.24, 2.45) is 0 Å². The third-order valence-corrected chi connectivity index (χ3v) is 3.38. The molecule has 0 unspecified atom stereocenters. The van der Waals surface area contributed by atoms with E-state index >= 15 is 0 Å². The van der Waals surface area contributed by atoms with Crippen molar-refractivity contribution in [3.63, 3.8) is 0 Å². The number of nitrogens with zero attached hydrogens (tertiary/aromatic N) is 3. The Morgan fingerprint density at radius 3 is 2.85 bits per heavy atom. The molecule has 20 heavy (non-hydrogen) atoms. The molecule has 0 spiro atoms. The largest absolute Gasteiger partial charge is 0.478 e. The molecule has 0 bridgehead atoms. The number of carboxylic acid groups (broad SMARTS) is 1. The van der Waals surface area contributed by atoms with E-state index in [-0.39, 0.29) is 18.3 Å². The van der Waals surface area contributed by atoms with Crippen LogP contribution in [0.15, 0.2) is 12.5 Å². The van der Waals surface area contributed by atoms with Crippen LogP contribution in [0.2, 0.25) is 0 Å². The predicted octanol–water partition coefficient (Wildman–Crippen LogP) is 0.148. The molecule has 0 aromatic carbocycles. The molecule has 2 rings (SSSR count). The summed E-state index contributed by atoms with van der Waals surface area (Å²) in [6, 6.07) is 0. The van der Waals surface area contributed by atoms with Gasteiger partial charge in [-0.2, -0.15) is 0 Å². The summed E-state index contributed by atoms with van der Waals surface area (Å²) in [7, 11) is 0. The molecule has 0 aliphatic carbocycles. The molecule has 110 valence electrons. The fourth-order valence-electron chi connectivity index (χ4n) is 2.32. The molecule has 0 atom stereocenters. The SMILES string of the molecule is O=C(O)c1cncnc1CN1CCC(OCCO)CC1. The van der Waals surface area contributed by atoms with Gasteiger partial charge in [-0.3, -0.25) is 4.90 Å². The van der Waals surface area contributed by atoms with Crippen LogP contribution in [0.25, 0.3) is 0 Å². The number of aromatic nitrogens is 2. The molecule has 7 heteroatoms. The van der Waals surface area contributed by atoms with Crippen molar-refractivity contribution >= 4 is 5.97 Å². The first-order chi connectivity index (χ1) is 9.70. The van der Waals surface area contributed by atoms with E-state index in [9.17, 15) is 4.79 Å². The fraction of sp³-hybridized carbons (Fsp3) is 0.615. The van der Waals surface area contributed by atoms with E-state index in [2.05, 4.69) is 14.9 Å². The highest BCUT2D eigenvalue weighted by Crippen LogP contribution is 2.16. The smallest absolute Gasteiger partial charge is 0.339 e. The lowest BCUT2D eigenvalue weighted by Gasteiger charge is -2.31. The zero-order valence-corrected chi connectivity index (χ0v) is 11.2. The number of aromatic carboxylic acids is 1. The number of ether oxygens (including phenoxy) is 1. The molecule has 2 heterocycles. The number of aliphatic hydroxyl groups excluding tert-OH is 1. The Bertz CT molecular complexity index is 447. The number of rotatable bonds is 6. The number of hydrogen-bond donors (Lipinski definition) is 2. The van der Waals surface area contributed by atoms with Gasteiger partial charge in [0, 0.05) is 25.8 Å². The molecule has 1 aliphatic heterocycles. The fourth-order valence-corrected chi connectivity index (χ4v) is 2.32. The first-order valence-corrected chi connectivity index (χ1v) is 6.67. The van der Waals surface area contributed by atoms with Gasteiger partial charge in [-0.05, 0) is 12.8 Å². The van der Waals surface area contributed by atoms with E-state index in [1.165, 1.54) is 12.5 Å². The minimum Gasteiger partial charge on any atom is -0.478 e. The van der Waals surface area contributed by atoms with Crippen LogP contribution in [0, 0.1) is 0 Å². The van der Waals surface area contributed by atoms with E-state index < -0.39 is 5.97 Å². The standard InChI is InChI=1S/C13H19N3O4/c17-5-6-20-10-1-3-16(4-2-10)8-12-11(13(18)19)7-14-9-15-12/h7,9-10,17H,1-6,8H2,(H,18,19). The van der Waals surface area contributed by atoms with Gasteiger partial charge in [-0.15, -0.1) is 0 Å². The van der Waals surface area contributed by atoms with Crippen molar-refractivity contribution in [1.82, 2.24) is 14.9 Å². The second-order valence-electron chi connectivity index (χ2n) is 4.76. The summed E-state index contributed by atoms with van der Waals surface area (Å²) in [6.45, 7) is 2.60. The van der Waals surface area contributed by atoms with E-state index in [1.807, 2.05) is 0 Å². The van der Waals surface area contributed by atoms with Gasteiger partial charge in [0.25, 0.3) is 0 Å². The summed E-state index contributed by atoms with van der Waals surface area (Å²) in [5, 5.41) is 17.8. The Morgan fingerprint density at radius 2 is 2.20 bits per heavy atom. The molecule has 7 nitrogen and oxygen atoms in total. The van der Waals surface area contributed by atoms with Crippen molar-refractivity contribution in [3.8, 4) is 0 Å². The van der Waals surface area contributed by atoms with Crippen LogP contribution in [-0.2, 0) is 11.3 Å². The highest BCUT2D eigenvalue weighted by Gasteiger charge is 2.21. The Hall–Kier alpha value is -1.57. The van der Waals surface area contributed by atoms with Crippen LogP contribution in [0.5, 0.6) is 0 Å². The quantitative estimate of drug-likeness (QED) is 0.766. The van der Waals surface area contributed by atoms with Crippen molar-refractivity contribution in [1.29, 1.82) is 0 Å². The summed E-state index contributed by atoms with van der Waals surface area (Å²) in [5.74, 6) is -0.998. The molecule has 2 N–H and O–H groups in total. The van der Waals surface area contributed by atoms with Crippen LogP contribution in [-0.4, -0.2) is 63.5 Å². The maximum absolute atomic E-state index is 11.1. The molecule has 0 amide bonds. The Kier molecular flexibility index (Phi) is 5.40. The van der Waals surface area contributed by atoms with Gasteiger partial charge in [-0.1, -0.05) is 0 Å². The number of carboxylic acids is 1. The lowest BCUT2D eigenvalue weighted by Crippen LogP contribution is -2.37. The monoisotopic (exact) mass is 281 g/mol. The average molecular weight is 281 g/mol. The highest BCUT2D eigenvalue weighted by atomic mass is 16.5. The zero-order chi connectivity index (χ0) is 14.4. The van der Waals surface area contributed by atoms with Gasteiger partial charge in [0.2, 0.25) is 0 Å². The van der Waals surface area contributed by atoms with E-state index in [0.717, 1.165) is 25.9 Å². The maximum Gasteiger partial charge on any atom is 0.339 e. The number of carbonyl (C=O) groups is 1. The molecular formula is C13H19N3O4. The molecule has 0 saturated carbocycles. The first kappa shape index (κ1) is 14.8. The third-order valence-electron chi connectivity index (χ3n) is 3.38. The Labute approximate surface area is 117 Å². The minimum absolute atomic E-state index is 0.0448. The van der Waals surface area contributed by atoms with Crippen LogP contribution in [0.4, 0.5) is 0 Å². The summed E-state index contributed by atoms with van der Waals surface area (Å²) in [4.78, 5) is 21.1. The molecule has 1 aromatic heterocycles. The van der Waals surface area contributed by atoms with Crippen LogP contribution in [0.3, 0.4) is 0 Å². The topological polar surface area (TPSA) is 95.8 Å². The second-order valence-corrected chi connectivity index (χ2v) is 4.76. The first-order valence-electron chi connectivity index (χ1n) is 6.67. The molecule has 1 aliphatic rings. The highest BCUT2D eigenvalue weighted by molar-refractivity contribution is 5.88. The van der Waals surface area contributed by atoms with Crippen molar-refractivity contribution in [2.45, 2.75) is 25.5 Å². The van der Waals surface area contributed by atoms with E-state index in [1.54, 1.807) is 0 Å². The molecule has 1 aromatic rings. The van der Waals surface area contributed by atoms with Gasteiger partial charge >= 0.3 is 5.97 Å². The summed E-state index contributed by atoms with van der Waals surface area (Å²) < 4.78 is 5.50. The van der Waals surface area contributed by atoms with Gasteiger partial charge in [0.1, 0.15) is 11.9 Å². The average Bonchev–Trinajstić information content (AvgIpc) is 2.47. The van der Waals surface area contributed by atoms with Crippen LogP contribution in [0.1, 0.15) is 28.9 Å².